The van der Waals surface area contributed by atoms with E-state index in [0.717, 1.165) is 13.0 Å². The Morgan fingerprint density at radius 3 is 2.80 bits per heavy atom. The van der Waals surface area contributed by atoms with E-state index in [0.29, 0.717) is 13.2 Å². The monoisotopic (exact) mass is 215 g/mol. The summed E-state index contributed by atoms with van der Waals surface area (Å²) in [6, 6.07) is 0. The molecule has 0 aliphatic carbocycles. The molecule has 5 nitrogen and oxygen atoms in total. The molecular formula is C10H17NO4. The van der Waals surface area contributed by atoms with Gasteiger partial charge in [-0.15, -0.1) is 0 Å². The average molecular weight is 215 g/mol. The van der Waals surface area contributed by atoms with Gasteiger partial charge in [0.1, 0.15) is 0 Å². The second-order valence-corrected chi connectivity index (χ2v) is 3.55. The van der Waals surface area contributed by atoms with Crippen molar-refractivity contribution in [1.29, 1.82) is 0 Å². The van der Waals surface area contributed by atoms with E-state index in [4.69, 9.17) is 4.74 Å². The van der Waals surface area contributed by atoms with E-state index in [1.165, 1.54) is 7.11 Å². The van der Waals surface area contributed by atoms with Crippen molar-refractivity contribution in [3.63, 3.8) is 0 Å². The Labute approximate surface area is 89.3 Å². The van der Waals surface area contributed by atoms with Gasteiger partial charge in [-0.05, 0) is 19.9 Å². The normalized spacial score (nSPS) is 21.3. The van der Waals surface area contributed by atoms with E-state index in [9.17, 15) is 9.59 Å². The van der Waals surface area contributed by atoms with Gasteiger partial charge in [0, 0.05) is 6.54 Å². The van der Waals surface area contributed by atoms with Crippen LogP contribution in [0.15, 0.2) is 0 Å². The zero-order valence-corrected chi connectivity index (χ0v) is 9.19. The van der Waals surface area contributed by atoms with Crippen LogP contribution < -0.4 is 0 Å². The topological polar surface area (TPSA) is 55.8 Å². The number of likely N-dealkylation sites (tertiary alicyclic amines) is 1. The van der Waals surface area contributed by atoms with Gasteiger partial charge in [0.2, 0.25) is 0 Å². The number of rotatable bonds is 4. The van der Waals surface area contributed by atoms with Gasteiger partial charge in [-0.2, -0.15) is 0 Å². The average Bonchev–Trinajstić information content (AvgIpc) is 2.65. The molecule has 0 spiro atoms. The lowest BCUT2D eigenvalue weighted by atomic mass is 10.1. The smallest absolute Gasteiger partial charge is 0.320 e. The lowest BCUT2D eigenvalue weighted by Gasteiger charge is -2.13. The van der Waals surface area contributed by atoms with Crippen LogP contribution in [0.1, 0.15) is 13.3 Å². The zero-order valence-electron chi connectivity index (χ0n) is 9.19. The van der Waals surface area contributed by atoms with Gasteiger partial charge in [0.15, 0.2) is 0 Å². The van der Waals surface area contributed by atoms with Gasteiger partial charge in [0.05, 0.1) is 26.2 Å². The van der Waals surface area contributed by atoms with Crippen molar-refractivity contribution in [2.24, 2.45) is 5.92 Å². The van der Waals surface area contributed by atoms with Crippen molar-refractivity contribution < 1.29 is 19.1 Å². The summed E-state index contributed by atoms with van der Waals surface area (Å²) in [5.41, 5.74) is 0. The molecule has 1 saturated heterocycles. The van der Waals surface area contributed by atoms with Crippen molar-refractivity contribution in [2.75, 3.05) is 33.4 Å². The number of hydrogen-bond acceptors (Lipinski definition) is 5. The third-order valence-corrected chi connectivity index (χ3v) is 2.46. The fourth-order valence-electron chi connectivity index (χ4n) is 1.72. The van der Waals surface area contributed by atoms with E-state index in [1.807, 2.05) is 4.90 Å². The van der Waals surface area contributed by atoms with E-state index in [-0.39, 0.29) is 24.4 Å². The third kappa shape index (κ3) is 3.51. The molecule has 0 radical (unpaired) electrons. The van der Waals surface area contributed by atoms with Crippen molar-refractivity contribution >= 4 is 11.9 Å². The number of methoxy groups -OCH3 is 1. The fourth-order valence-corrected chi connectivity index (χ4v) is 1.72. The highest BCUT2D eigenvalue weighted by atomic mass is 16.5. The molecule has 0 aromatic heterocycles. The van der Waals surface area contributed by atoms with Crippen LogP contribution in [0.2, 0.25) is 0 Å². The Morgan fingerprint density at radius 1 is 1.47 bits per heavy atom. The molecule has 1 atom stereocenters. The number of nitrogens with zero attached hydrogens (tertiary/aromatic N) is 1. The Kier molecular flexibility index (Phi) is 4.55. The number of esters is 2. The largest absolute Gasteiger partial charge is 0.469 e. The molecule has 0 bridgehead atoms. The predicted octanol–water partition coefficient (Wildman–Crippen LogP) is 0.0444. The third-order valence-electron chi connectivity index (χ3n) is 2.46. The van der Waals surface area contributed by atoms with Crippen LogP contribution >= 0.6 is 0 Å². The standard InChI is InChI=1S/C10H17NO4/c1-3-15-9(12)7-11-5-4-8(6-11)10(13)14-2/h8H,3-7H2,1-2H3/t8-/m1/s1. The Balaban J connectivity index is 2.30. The maximum absolute atomic E-state index is 11.2. The second-order valence-electron chi connectivity index (χ2n) is 3.55. The van der Waals surface area contributed by atoms with E-state index in [1.54, 1.807) is 6.92 Å². The Bertz CT molecular complexity index is 242. The molecule has 0 saturated carbocycles. The first-order valence-electron chi connectivity index (χ1n) is 5.13. The van der Waals surface area contributed by atoms with Gasteiger partial charge in [-0.3, -0.25) is 14.5 Å². The van der Waals surface area contributed by atoms with Gasteiger partial charge >= 0.3 is 11.9 Å². The molecule has 1 aliphatic heterocycles. The first-order valence-corrected chi connectivity index (χ1v) is 5.13. The lowest BCUT2D eigenvalue weighted by Crippen LogP contribution is -2.30. The summed E-state index contributed by atoms with van der Waals surface area (Å²) in [7, 11) is 1.39. The summed E-state index contributed by atoms with van der Waals surface area (Å²) in [6.45, 7) is 3.78. The predicted molar refractivity (Wildman–Crippen MR) is 53.2 cm³/mol. The van der Waals surface area contributed by atoms with Crippen LogP contribution in [0.3, 0.4) is 0 Å². The second kappa shape index (κ2) is 5.70. The summed E-state index contributed by atoms with van der Waals surface area (Å²) in [5.74, 6) is -0.520. The van der Waals surface area contributed by atoms with Gasteiger partial charge in [-0.1, -0.05) is 0 Å². The van der Waals surface area contributed by atoms with Crippen LogP contribution in [0.5, 0.6) is 0 Å². The summed E-state index contributed by atoms with van der Waals surface area (Å²) in [6.07, 6.45) is 0.756. The van der Waals surface area contributed by atoms with Crippen molar-refractivity contribution in [3.8, 4) is 0 Å². The van der Waals surface area contributed by atoms with Crippen LogP contribution in [0.25, 0.3) is 0 Å². The Morgan fingerprint density at radius 2 is 2.20 bits per heavy atom. The minimum absolute atomic E-state index is 0.0931. The lowest BCUT2D eigenvalue weighted by molar-refractivity contribution is -0.147. The summed E-state index contributed by atoms with van der Waals surface area (Å²) in [5, 5.41) is 0. The molecule has 1 fully saturated rings. The molecule has 1 rings (SSSR count). The minimum atomic E-state index is -0.233. The SMILES string of the molecule is CCOC(=O)CN1CC[C@@H](C(=O)OC)C1. The maximum Gasteiger partial charge on any atom is 0.320 e. The molecule has 15 heavy (non-hydrogen) atoms. The Hall–Kier alpha value is -1.10. The molecule has 5 heteroatoms. The molecule has 0 aromatic carbocycles. The molecule has 0 N–H and O–H groups in total. The number of carbonyl (C=O) groups excluding carboxylic acids is 2. The van der Waals surface area contributed by atoms with Gasteiger partial charge in [-0.25, -0.2) is 0 Å². The van der Waals surface area contributed by atoms with Gasteiger partial charge in [0.25, 0.3) is 0 Å². The van der Waals surface area contributed by atoms with Crippen LogP contribution in [-0.4, -0.2) is 50.2 Å². The van der Waals surface area contributed by atoms with Crippen molar-refractivity contribution in [2.45, 2.75) is 13.3 Å². The number of ether oxygens (including phenoxy) is 2. The quantitative estimate of drug-likeness (QED) is 0.620. The highest BCUT2D eigenvalue weighted by Crippen LogP contribution is 2.16. The van der Waals surface area contributed by atoms with Crippen LogP contribution in [0.4, 0.5) is 0 Å². The first kappa shape index (κ1) is 12.0. The van der Waals surface area contributed by atoms with E-state index in [2.05, 4.69) is 4.74 Å². The number of carbonyl (C=O) groups is 2. The first-order chi connectivity index (χ1) is 7.17. The molecule has 0 aromatic rings. The van der Waals surface area contributed by atoms with Crippen LogP contribution in [-0.2, 0) is 19.1 Å². The highest BCUT2D eigenvalue weighted by Gasteiger charge is 2.29. The molecule has 0 unspecified atom stereocenters. The highest BCUT2D eigenvalue weighted by molar-refractivity contribution is 5.74. The zero-order chi connectivity index (χ0) is 11.3. The van der Waals surface area contributed by atoms with E-state index < -0.39 is 0 Å². The van der Waals surface area contributed by atoms with Crippen molar-refractivity contribution in [3.05, 3.63) is 0 Å². The van der Waals surface area contributed by atoms with Crippen LogP contribution in [0, 0.1) is 5.92 Å². The summed E-state index contributed by atoms with van der Waals surface area (Å²) < 4.78 is 9.48. The minimum Gasteiger partial charge on any atom is -0.469 e. The molecular weight excluding hydrogens is 198 g/mol. The van der Waals surface area contributed by atoms with Crippen molar-refractivity contribution in [1.82, 2.24) is 4.90 Å². The summed E-state index contributed by atoms with van der Waals surface area (Å²) >= 11 is 0. The van der Waals surface area contributed by atoms with E-state index >= 15 is 0 Å². The fraction of sp³-hybridized carbons (Fsp3) is 0.800. The number of hydrogen-bond donors (Lipinski definition) is 0. The van der Waals surface area contributed by atoms with Gasteiger partial charge < -0.3 is 9.47 Å². The molecule has 1 heterocycles. The molecule has 0 amide bonds. The molecule has 1 aliphatic rings. The maximum atomic E-state index is 11.2. The molecule has 86 valence electrons. The summed E-state index contributed by atoms with van der Waals surface area (Å²) in [4.78, 5) is 24.3.